The van der Waals surface area contributed by atoms with Gasteiger partial charge in [0.25, 0.3) is 10.1 Å². The van der Waals surface area contributed by atoms with Crippen LogP contribution in [0.15, 0.2) is 154 Å². The monoisotopic (exact) mass is 966 g/mol. The fourth-order valence-electron chi connectivity index (χ4n) is 6.96. The van der Waals surface area contributed by atoms with Gasteiger partial charge in [-0.25, -0.2) is 8.42 Å². The van der Waals surface area contributed by atoms with Gasteiger partial charge in [0.2, 0.25) is 20.7 Å². The number of hydrogen-bond donors (Lipinski definition) is 3. The Morgan fingerprint density at radius 3 is 1.00 bits per heavy atom. The number of rotatable bonds is 11. The topological polar surface area (TPSA) is 147 Å². The minimum atomic E-state index is -6.00. The van der Waals surface area contributed by atoms with Crippen LogP contribution >= 0.6 is 0 Å². The zero-order valence-corrected chi connectivity index (χ0v) is 33.6. The molecule has 0 spiro atoms. The lowest BCUT2D eigenvalue weighted by Gasteiger charge is -2.38. The lowest BCUT2D eigenvalue weighted by molar-refractivity contribution is -0.290. The van der Waals surface area contributed by atoms with Crippen LogP contribution in [0, 0.1) is 0 Å². The van der Waals surface area contributed by atoms with Crippen LogP contribution in [-0.2, 0) is 30.8 Å². The normalized spacial score (nSPS) is 13.4. The van der Waals surface area contributed by atoms with E-state index in [4.69, 9.17) is 9.47 Å². The molecule has 0 bridgehead atoms. The Bertz CT molecular complexity index is 2870. The molecule has 6 aromatic carbocycles. The fourth-order valence-corrected chi connectivity index (χ4v) is 8.96. The van der Waals surface area contributed by atoms with E-state index in [-0.39, 0.29) is 11.5 Å². The van der Waals surface area contributed by atoms with E-state index in [0.29, 0.717) is 97.1 Å². The number of aromatic hydroxyl groups is 2. The molecule has 0 saturated carbocycles. The molecule has 0 amide bonds. The van der Waals surface area contributed by atoms with Crippen molar-refractivity contribution >= 4 is 20.0 Å². The van der Waals surface area contributed by atoms with Crippen molar-refractivity contribution in [3.63, 3.8) is 0 Å². The van der Waals surface area contributed by atoms with E-state index in [1.165, 1.54) is 0 Å². The molecular weight excluding hydrogens is 941 g/mol. The van der Waals surface area contributed by atoms with Crippen LogP contribution in [-0.4, -0.2) is 56.3 Å². The van der Waals surface area contributed by atoms with Gasteiger partial charge >= 0.3 is 24.7 Å². The summed E-state index contributed by atoms with van der Waals surface area (Å²) in [5, 5.41) is 19.0. The SMILES string of the molecule is O=S(=O)(O)c1cc(S(=O)(=O)c2ccc(Oc3ccc(C(c4ccc(O)cc4)(C(F)(F)F)C(F)(F)F)cc3)cc2)ccc1Oc1ccc(C(c2ccc(O)cc2)(C(F)(F)F)C(F)(F)F)cc1. The molecule has 0 radical (unpaired) electrons. The number of halogens is 12. The first-order valence-electron chi connectivity index (χ1n) is 17.8. The molecule has 0 atom stereocenters. The molecule has 6 rings (SSSR count). The molecule has 0 aliphatic carbocycles. The van der Waals surface area contributed by atoms with Crippen LogP contribution in [0.1, 0.15) is 22.3 Å². The van der Waals surface area contributed by atoms with E-state index in [1.807, 2.05) is 0 Å². The smallest absolute Gasteiger partial charge is 0.411 e. The summed E-state index contributed by atoms with van der Waals surface area (Å²) in [4.78, 5) is -2.55. The minimum absolute atomic E-state index is 0.188. The van der Waals surface area contributed by atoms with Gasteiger partial charge in [0.15, 0.2) is 0 Å². The predicted molar refractivity (Wildman–Crippen MR) is 203 cm³/mol. The first-order chi connectivity index (χ1) is 29.9. The highest BCUT2D eigenvalue weighted by molar-refractivity contribution is 7.91. The van der Waals surface area contributed by atoms with Crippen LogP contribution in [0.3, 0.4) is 0 Å². The van der Waals surface area contributed by atoms with Gasteiger partial charge in [0.1, 0.15) is 39.4 Å². The third-order valence-electron chi connectivity index (χ3n) is 9.98. The standard InChI is InChI=1S/C42H26F12O9S2/c43-39(44,45)37(40(46,47)48,24-1-9-28(55)10-2-24)26-5-13-30(14-6-26)62-31-17-19-33(20-18-31)64(57,58)34-21-22-35(36(23-34)65(59,60)61)63-32-15-7-27(8-16-32)38(41(49,50)51,42(52,53)54)25-3-11-29(56)12-4-25/h1-23,55-56H,(H,59,60,61). The molecule has 0 saturated heterocycles. The van der Waals surface area contributed by atoms with Crippen molar-refractivity contribution in [3.8, 4) is 34.5 Å². The average Bonchev–Trinajstić information content (AvgIpc) is 3.19. The van der Waals surface area contributed by atoms with Crippen LogP contribution in [0.2, 0.25) is 0 Å². The summed E-state index contributed by atoms with van der Waals surface area (Å²) in [7, 11) is -10.1. The summed E-state index contributed by atoms with van der Waals surface area (Å²) in [5.74, 6) is -3.08. The number of hydrogen-bond acceptors (Lipinski definition) is 8. The average molecular weight is 967 g/mol. The summed E-state index contributed by atoms with van der Waals surface area (Å²) in [6.07, 6.45) is -23.9. The Balaban J connectivity index is 1.26. The second-order valence-electron chi connectivity index (χ2n) is 13.9. The highest BCUT2D eigenvalue weighted by atomic mass is 32.2. The predicted octanol–water partition coefficient (Wildman–Crippen LogP) is 11.6. The van der Waals surface area contributed by atoms with Crippen molar-refractivity contribution in [3.05, 3.63) is 162 Å². The van der Waals surface area contributed by atoms with Gasteiger partial charge in [-0.15, -0.1) is 0 Å². The molecule has 0 aromatic heterocycles. The molecular formula is C42H26F12O9S2. The third-order valence-corrected chi connectivity index (χ3v) is 12.6. The molecule has 23 heteroatoms. The van der Waals surface area contributed by atoms with Gasteiger partial charge < -0.3 is 19.7 Å². The Kier molecular flexibility index (Phi) is 12.2. The second-order valence-corrected chi connectivity index (χ2v) is 17.2. The van der Waals surface area contributed by atoms with Crippen LogP contribution in [0.5, 0.6) is 34.5 Å². The number of phenolic OH excluding ortho intramolecular Hbond substituents is 2. The summed E-state index contributed by atoms with van der Waals surface area (Å²) in [6.45, 7) is 0. The zero-order valence-electron chi connectivity index (χ0n) is 31.9. The van der Waals surface area contributed by atoms with Crippen LogP contribution in [0.4, 0.5) is 52.7 Å². The van der Waals surface area contributed by atoms with Crippen molar-refractivity contribution in [2.24, 2.45) is 0 Å². The maximum atomic E-state index is 14.5. The van der Waals surface area contributed by atoms with Crippen molar-refractivity contribution in [2.75, 3.05) is 0 Å². The highest BCUT2D eigenvalue weighted by Gasteiger charge is 2.73. The van der Waals surface area contributed by atoms with E-state index >= 15 is 0 Å². The first-order valence-corrected chi connectivity index (χ1v) is 20.8. The van der Waals surface area contributed by atoms with E-state index in [0.717, 1.165) is 42.5 Å². The van der Waals surface area contributed by atoms with Gasteiger partial charge in [0.05, 0.1) is 9.79 Å². The fraction of sp³-hybridized carbons (Fsp3) is 0.143. The Labute approximate surface area is 359 Å². The van der Waals surface area contributed by atoms with E-state index in [9.17, 15) is 84.3 Å². The van der Waals surface area contributed by atoms with E-state index in [1.54, 1.807) is 0 Å². The quantitative estimate of drug-likeness (QED) is 0.0852. The van der Waals surface area contributed by atoms with Gasteiger partial charge in [-0.1, -0.05) is 48.5 Å². The van der Waals surface area contributed by atoms with E-state index < -0.39 is 115 Å². The van der Waals surface area contributed by atoms with E-state index in [2.05, 4.69) is 0 Å². The highest BCUT2D eigenvalue weighted by Crippen LogP contribution is 2.58. The van der Waals surface area contributed by atoms with Crippen LogP contribution < -0.4 is 9.47 Å². The lowest BCUT2D eigenvalue weighted by atomic mass is 9.73. The minimum Gasteiger partial charge on any atom is -0.508 e. The number of benzene rings is 6. The number of ether oxygens (including phenoxy) is 2. The summed E-state index contributed by atoms with van der Waals surface area (Å²) in [5.41, 5.74) is -14.3. The Morgan fingerprint density at radius 1 is 0.385 bits per heavy atom. The Hall–Kier alpha value is -6.46. The molecule has 0 aliphatic rings. The van der Waals surface area contributed by atoms with Crippen molar-refractivity contribution in [1.82, 2.24) is 0 Å². The van der Waals surface area contributed by atoms with Crippen molar-refractivity contribution < 1.29 is 93.8 Å². The number of sulfone groups is 1. The molecule has 344 valence electrons. The lowest BCUT2D eigenvalue weighted by Crippen LogP contribution is -2.54. The van der Waals surface area contributed by atoms with Crippen molar-refractivity contribution in [1.29, 1.82) is 0 Å². The molecule has 0 heterocycles. The molecule has 3 N–H and O–H groups in total. The molecule has 0 aliphatic heterocycles. The second kappa shape index (κ2) is 16.5. The van der Waals surface area contributed by atoms with Crippen LogP contribution in [0.25, 0.3) is 0 Å². The summed E-state index contributed by atoms with van der Waals surface area (Å²) in [6, 6.07) is 14.8. The van der Waals surface area contributed by atoms with Gasteiger partial charge in [-0.05, 0) is 113 Å². The molecule has 65 heavy (non-hydrogen) atoms. The third kappa shape index (κ3) is 8.74. The Morgan fingerprint density at radius 2 is 0.677 bits per heavy atom. The van der Waals surface area contributed by atoms with Gasteiger partial charge in [-0.3, -0.25) is 4.55 Å². The largest absolute Gasteiger partial charge is 0.508 e. The number of alkyl halides is 12. The summed E-state index contributed by atoms with van der Waals surface area (Å²) >= 11 is 0. The van der Waals surface area contributed by atoms with Gasteiger partial charge in [-0.2, -0.15) is 61.1 Å². The van der Waals surface area contributed by atoms with Gasteiger partial charge in [0, 0.05) is 0 Å². The summed E-state index contributed by atoms with van der Waals surface area (Å²) < 4.78 is 246. The van der Waals surface area contributed by atoms with Crippen molar-refractivity contribution in [2.45, 2.75) is 50.2 Å². The number of phenols is 2. The molecule has 0 unspecified atom stereocenters. The first kappa shape index (κ1) is 48.0. The maximum absolute atomic E-state index is 14.5. The zero-order chi connectivity index (χ0) is 48.2. The molecule has 6 aromatic rings. The molecule has 9 nitrogen and oxygen atoms in total. The molecule has 0 fully saturated rings. The maximum Gasteiger partial charge on any atom is 0.411 e.